The van der Waals surface area contributed by atoms with Crippen LogP contribution >= 0.6 is 7.60 Å². The lowest BCUT2D eigenvalue weighted by Crippen LogP contribution is -2.37. The molecule has 0 radical (unpaired) electrons. The first-order chi connectivity index (χ1) is 11.9. The highest BCUT2D eigenvalue weighted by Crippen LogP contribution is 2.53. The van der Waals surface area contributed by atoms with Gasteiger partial charge in [-0.25, -0.2) is 4.79 Å². The van der Waals surface area contributed by atoms with Gasteiger partial charge >= 0.3 is 13.7 Å². The maximum absolute atomic E-state index is 13.1. The Morgan fingerprint density at radius 3 is 2.52 bits per heavy atom. The molecule has 1 aromatic rings. The summed E-state index contributed by atoms with van der Waals surface area (Å²) in [6.07, 6.45) is 1.28. The molecular formula is C18H28NO5P. The molecule has 0 bridgehead atoms. The summed E-state index contributed by atoms with van der Waals surface area (Å²) in [6, 6.07) is 9.33. The van der Waals surface area contributed by atoms with Gasteiger partial charge in [0.05, 0.1) is 13.2 Å². The summed E-state index contributed by atoms with van der Waals surface area (Å²) in [7, 11) is -3.53. The highest BCUT2D eigenvalue weighted by Gasteiger charge is 2.37. The Morgan fingerprint density at radius 1 is 1.28 bits per heavy atom. The first-order valence-corrected chi connectivity index (χ1v) is 9.99. The first kappa shape index (κ1) is 21.4. The van der Waals surface area contributed by atoms with E-state index in [1.54, 1.807) is 6.92 Å². The summed E-state index contributed by atoms with van der Waals surface area (Å²) in [5, 5.41) is 2.64. The van der Waals surface area contributed by atoms with Crippen LogP contribution in [0.3, 0.4) is 0 Å². The SMILES string of the molecule is C=CCOP(=O)(OCC)[C@@H](CC(C)C)NC(=O)OCc1ccccc1. The monoisotopic (exact) mass is 369 g/mol. The molecule has 0 spiro atoms. The van der Waals surface area contributed by atoms with E-state index in [1.165, 1.54) is 6.08 Å². The molecule has 0 aliphatic rings. The average molecular weight is 369 g/mol. The van der Waals surface area contributed by atoms with E-state index < -0.39 is 19.5 Å². The van der Waals surface area contributed by atoms with E-state index in [-0.39, 0.29) is 25.7 Å². The topological polar surface area (TPSA) is 73.9 Å². The van der Waals surface area contributed by atoms with Crippen LogP contribution in [-0.4, -0.2) is 25.1 Å². The minimum atomic E-state index is -3.53. The third-order valence-corrected chi connectivity index (χ3v) is 5.49. The zero-order valence-corrected chi connectivity index (χ0v) is 16.0. The molecule has 0 saturated carbocycles. The van der Waals surface area contributed by atoms with Crippen molar-refractivity contribution in [2.45, 2.75) is 39.6 Å². The molecule has 1 rings (SSSR count). The number of nitrogens with one attached hydrogen (secondary N) is 1. The highest BCUT2D eigenvalue weighted by atomic mass is 31.2. The van der Waals surface area contributed by atoms with Gasteiger partial charge in [0.25, 0.3) is 0 Å². The van der Waals surface area contributed by atoms with E-state index in [0.717, 1.165) is 5.56 Å². The van der Waals surface area contributed by atoms with Crippen molar-refractivity contribution < 1.29 is 23.1 Å². The van der Waals surface area contributed by atoms with Gasteiger partial charge < -0.3 is 19.1 Å². The minimum absolute atomic E-state index is 0.0760. The van der Waals surface area contributed by atoms with Gasteiger partial charge in [-0.3, -0.25) is 4.57 Å². The number of ether oxygens (including phenoxy) is 1. The van der Waals surface area contributed by atoms with Gasteiger partial charge in [-0.05, 0) is 24.8 Å². The Morgan fingerprint density at radius 2 is 1.96 bits per heavy atom. The molecule has 0 heterocycles. The van der Waals surface area contributed by atoms with E-state index in [0.29, 0.717) is 6.42 Å². The normalized spacial score (nSPS) is 14.6. The third kappa shape index (κ3) is 7.86. The van der Waals surface area contributed by atoms with Crippen molar-refractivity contribution in [2.24, 2.45) is 5.92 Å². The van der Waals surface area contributed by atoms with Crippen molar-refractivity contribution in [2.75, 3.05) is 13.2 Å². The summed E-state index contributed by atoms with van der Waals surface area (Å²) in [5.41, 5.74) is 0.869. The van der Waals surface area contributed by atoms with Crippen LogP contribution in [0.1, 0.15) is 32.8 Å². The second kappa shape index (κ2) is 11.1. The number of amides is 1. The number of alkyl carbamates (subject to hydrolysis) is 1. The molecule has 0 aromatic heterocycles. The zero-order valence-electron chi connectivity index (χ0n) is 15.1. The molecule has 25 heavy (non-hydrogen) atoms. The van der Waals surface area contributed by atoms with E-state index in [2.05, 4.69) is 11.9 Å². The molecule has 0 fully saturated rings. The van der Waals surface area contributed by atoms with Crippen LogP contribution in [0.5, 0.6) is 0 Å². The van der Waals surface area contributed by atoms with Gasteiger partial charge in [0.1, 0.15) is 12.4 Å². The van der Waals surface area contributed by atoms with Crippen molar-refractivity contribution in [3.8, 4) is 0 Å². The third-order valence-electron chi connectivity index (χ3n) is 3.25. The number of carbonyl (C=O) groups is 1. The predicted octanol–water partition coefficient (Wildman–Crippen LogP) is 4.72. The zero-order chi connectivity index (χ0) is 18.7. The molecule has 6 nitrogen and oxygen atoms in total. The first-order valence-electron chi connectivity index (χ1n) is 8.38. The number of carbonyl (C=O) groups excluding carboxylic acids is 1. The Balaban J connectivity index is 2.76. The fraction of sp³-hybridized carbons (Fsp3) is 0.500. The number of benzene rings is 1. The summed E-state index contributed by atoms with van der Waals surface area (Å²) >= 11 is 0. The molecule has 1 unspecified atom stereocenters. The van der Waals surface area contributed by atoms with E-state index in [1.807, 2.05) is 44.2 Å². The summed E-state index contributed by atoms with van der Waals surface area (Å²) in [6.45, 7) is 9.63. The fourth-order valence-corrected chi connectivity index (χ4v) is 4.22. The van der Waals surface area contributed by atoms with E-state index in [9.17, 15) is 9.36 Å². The Labute approximate surface area is 150 Å². The Hall–Kier alpha value is -1.62. The molecule has 7 heteroatoms. The molecule has 2 atom stereocenters. The maximum Gasteiger partial charge on any atom is 0.408 e. The van der Waals surface area contributed by atoms with Gasteiger partial charge in [-0.2, -0.15) is 0 Å². The van der Waals surface area contributed by atoms with Crippen LogP contribution in [0.15, 0.2) is 43.0 Å². The van der Waals surface area contributed by atoms with Crippen molar-refractivity contribution in [3.05, 3.63) is 48.6 Å². The summed E-state index contributed by atoms with van der Waals surface area (Å²) in [5.74, 6) is -0.601. The molecule has 0 aliphatic heterocycles. The average Bonchev–Trinajstić information content (AvgIpc) is 2.58. The second-order valence-electron chi connectivity index (χ2n) is 5.89. The lowest BCUT2D eigenvalue weighted by molar-refractivity contribution is 0.133. The van der Waals surface area contributed by atoms with Crippen LogP contribution in [0.2, 0.25) is 0 Å². The Bertz CT molecular complexity index is 576. The van der Waals surface area contributed by atoms with Gasteiger partial charge in [0.15, 0.2) is 0 Å². The van der Waals surface area contributed by atoms with Gasteiger partial charge in [-0.1, -0.05) is 50.3 Å². The van der Waals surface area contributed by atoms with Crippen molar-refractivity contribution in [3.63, 3.8) is 0 Å². The smallest absolute Gasteiger partial charge is 0.408 e. The molecule has 0 aliphatic carbocycles. The van der Waals surface area contributed by atoms with Crippen LogP contribution in [0.4, 0.5) is 4.79 Å². The lowest BCUT2D eigenvalue weighted by Gasteiger charge is -2.28. The van der Waals surface area contributed by atoms with Gasteiger partial charge in [0.2, 0.25) is 0 Å². The summed E-state index contributed by atoms with van der Waals surface area (Å²) in [4.78, 5) is 12.1. The van der Waals surface area contributed by atoms with Crippen molar-refractivity contribution >= 4 is 13.7 Å². The van der Waals surface area contributed by atoms with Crippen LogP contribution in [0.25, 0.3) is 0 Å². The molecule has 140 valence electrons. The maximum atomic E-state index is 13.1. The van der Waals surface area contributed by atoms with Crippen molar-refractivity contribution in [1.82, 2.24) is 5.32 Å². The minimum Gasteiger partial charge on any atom is -0.445 e. The number of rotatable bonds is 11. The molecule has 1 N–H and O–H groups in total. The molecule has 0 saturated heterocycles. The number of hydrogen-bond acceptors (Lipinski definition) is 5. The highest BCUT2D eigenvalue weighted by molar-refractivity contribution is 7.54. The fourth-order valence-electron chi connectivity index (χ4n) is 2.17. The molecule has 1 aromatic carbocycles. The van der Waals surface area contributed by atoms with Crippen molar-refractivity contribution in [1.29, 1.82) is 0 Å². The predicted molar refractivity (Wildman–Crippen MR) is 98.4 cm³/mol. The van der Waals surface area contributed by atoms with Crippen LogP contribution in [-0.2, 0) is 25.0 Å². The van der Waals surface area contributed by atoms with Crippen LogP contribution < -0.4 is 5.32 Å². The van der Waals surface area contributed by atoms with Crippen LogP contribution in [0, 0.1) is 5.92 Å². The molecule has 1 amide bonds. The van der Waals surface area contributed by atoms with E-state index in [4.69, 9.17) is 13.8 Å². The quantitative estimate of drug-likeness (QED) is 0.451. The van der Waals surface area contributed by atoms with E-state index >= 15 is 0 Å². The lowest BCUT2D eigenvalue weighted by atomic mass is 10.1. The second-order valence-corrected chi connectivity index (χ2v) is 8.11. The van der Waals surface area contributed by atoms with Gasteiger partial charge in [-0.15, -0.1) is 6.58 Å². The standard InChI is InChI=1S/C18H28NO5P/c1-5-12-24-25(21,23-6-2)17(13-15(3)4)19-18(20)22-14-16-10-8-7-9-11-16/h5,7-11,15,17H,1,6,12-14H2,2-4H3,(H,19,20)/t17-,25?/m0/s1. The largest absolute Gasteiger partial charge is 0.445 e. The number of hydrogen-bond donors (Lipinski definition) is 1. The molecular weight excluding hydrogens is 341 g/mol. The Kier molecular flexibility index (Phi) is 9.50. The summed E-state index contributed by atoms with van der Waals surface area (Å²) < 4.78 is 29.0. The van der Waals surface area contributed by atoms with Gasteiger partial charge in [0, 0.05) is 0 Å².